The van der Waals surface area contributed by atoms with Crippen molar-refractivity contribution in [2.24, 2.45) is 10.7 Å². The average Bonchev–Trinajstić information content (AvgIpc) is 3.06. The lowest BCUT2D eigenvalue weighted by Crippen LogP contribution is -2.59. The second kappa shape index (κ2) is 7.47. The van der Waals surface area contributed by atoms with Gasteiger partial charge < -0.3 is 21.7 Å². The molecule has 5 N–H and O–H groups in total. The first-order valence-corrected chi connectivity index (χ1v) is 8.53. The first-order chi connectivity index (χ1) is 13.3. The van der Waals surface area contributed by atoms with E-state index in [-0.39, 0.29) is 5.91 Å². The highest BCUT2D eigenvalue weighted by Gasteiger charge is 2.46. The van der Waals surface area contributed by atoms with E-state index in [4.69, 9.17) is 5.73 Å². The summed E-state index contributed by atoms with van der Waals surface area (Å²) in [5.74, 6) is -1.42. The van der Waals surface area contributed by atoms with Gasteiger partial charge in [-0.25, -0.2) is 0 Å². The summed E-state index contributed by atoms with van der Waals surface area (Å²) in [6, 6.07) is 7.34. The number of aromatic nitrogens is 1. The number of primary amides is 1. The minimum atomic E-state index is -1.28. The van der Waals surface area contributed by atoms with Crippen LogP contribution < -0.4 is 21.7 Å². The van der Waals surface area contributed by atoms with Crippen LogP contribution in [0.1, 0.15) is 22.8 Å². The molecule has 2 aromatic rings. The van der Waals surface area contributed by atoms with E-state index in [1.54, 1.807) is 36.5 Å². The van der Waals surface area contributed by atoms with Crippen molar-refractivity contribution < 1.29 is 14.4 Å². The summed E-state index contributed by atoms with van der Waals surface area (Å²) in [6.45, 7) is 3.37. The Labute approximate surface area is 161 Å². The summed E-state index contributed by atoms with van der Waals surface area (Å²) < 4.78 is 0. The fourth-order valence-electron chi connectivity index (χ4n) is 2.74. The third-order valence-electron chi connectivity index (χ3n) is 4.44. The molecule has 2 heterocycles. The Bertz CT molecular complexity index is 956. The molecule has 1 aliphatic heterocycles. The first-order valence-electron chi connectivity index (χ1n) is 8.53. The number of anilines is 2. The number of hydrogen-bond donors (Lipinski definition) is 4. The molecule has 0 spiro atoms. The maximum Gasteiger partial charge on any atom is 0.257 e. The van der Waals surface area contributed by atoms with Crippen molar-refractivity contribution in [3.63, 3.8) is 0 Å². The van der Waals surface area contributed by atoms with E-state index in [2.05, 4.69) is 25.9 Å². The summed E-state index contributed by atoms with van der Waals surface area (Å²) >= 11 is 0. The third-order valence-corrected chi connectivity index (χ3v) is 4.44. The molecule has 3 rings (SSSR count). The summed E-state index contributed by atoms with van der Waals surface area (Å²) in [7, 11) is 0. The van der Waals surface area contributed by atoms with Gasteiger partial charge >= 0.3 is 0 Å². The molecule has 1 aliphatic rings. The molecule has 144 valence electrons. The molecule has 3 amide bonds. The summed E-state index contributed by atoms with van der Waals surface area (Å²) in [6.07, 6.45) is 4.46. The van der Waals surface area contributed by atoms with Crippen molar-refractivity contribution in [1.82, 2.24) is 10.3 Å². The minimum absolute atomic E-state index is 0.281. The topological polar surface area (TPSA) is 139 Å². The molecular formula is C19H20N6O3. The number of aliphatic imine (C=N–C) groups is 1. The Hall–Kier alpha value is -3.75. The van der Waals surface area contributed by atoms with Crippen molar-refractivity contribution in [2.75, 3.05) is 10.6 Å². The van der Waals surface area contributed by atoms with E-state index in [9.17, 15) is 14.4 Å². The van der Waals surface area contributed by atoms with Gasteiger partial charge in [-0.3, -0.25) is 24.4 Å². The highest BCUT2D eigenvalue weighted by molar-refractivity contribution is 6.05. The van der Waals surface area contributed by atoms with Crippen molar-refractivity contribution in [2.45, 2.75) is 25.4 Å². The van der Waals surface area contributed by atoms with Gasteiger partial charge in [0.2, 0.25) is 5.91 Å². The first kappa shape index (κ1) is 19.0. The van der Waals surface area contributed by atoms with Gasteiger partial charge in [-0.05, 0) is 49.7 Å². The number of amides is 3. The Morgan fingerprint density at radius 1 is 1.11 bits per heavy atom. The molecule has 0 saturated carbocycles. The van der Waals surface area contributed by atoms with Gasteiger partial charge in [0.15, 0.2) is 6.04 Å². The molecule has 1 aromatic carbocycles. The van der Waals surface area contributed by atoms with Crippen molar-refractivity contribution in [3.05, 3.63) is 53.9 Å². The molecule has 0 aliphatic carbocycles. The zero-order valence-corrected chi connectivity index (χ0v) is 15.4. The van der Waals surface area contributed by atoms with Crippen LogP contribution in [0.3, 0.4) is 0 Å². The monoisotopic (exact) mass is 380 g/mol. The van der Waals surface area contributed by atoms with Gasteiger partial charge in [-0.1, -0.05) is 0 Å². The van der Waals surface area contributed by atoms with Crippen LogP contribution in [-0.2, 0) is 9.59 Å². The van der Waals surface area contributed by atoms with Gasteiger partial charge in [0, 0.05) is 23.8 Å². The number of carbonyl (C=O) groups is 3. The zero-order valence-electron chi connectivity index (χ0n) is 15.4. The van der Waals surface area contributed by atoms with Crippen molar-refractivity contribution in [1.29, 1.82) is 0 Å². The molecule has 0 fully saturated rings. The number of rotatable bonds is 5. The van der Waals surface area contributed by atoms with E-state index in [1.165, 1.54) is 19.5 Å². The normalized spacial score (nSPS) is 20.3. The third kappa shape index (κ3) is 3.83. The number of hydrogen-bond acceptors (Lipinski definition) is 6. The van der Waals surface area contributed by atoms with E-state index in [0.29, 0.717) is 16.9 Å². The van der Waals surface area contributed by atoms with Crippen LogP contribution in [0.5, 0.6) is 0 Å². The van der Waals surface area contributed by atoms with Crippen LogP contribution in [0.15, 0.2) is 47.7 Å². The molecule has 0 bridgehead atoms. The molecule has 28 heavy (non-hydrogen) atoms. The molecule has 2 atom stereocenters. The van der Waals surface area contributed by atoms with Crippen molar-refractivity contribution >= 4 is 35.4 Å². The number of aryl methyl sites for hydroxylation is 1. The minimum Gasteiger partial charge on any atom is -0.368 e. The Morgan fingerprint density at radius 2 is 1.75 bits per heavy atom. The lowest BCUT2D eigenvalue weighted by Gasteiger charge is -2.26. The SMILES string of the molecule is Cc1cncc(C(=O)Nc2ccc(NC(=O)C3N=CNC3(C)C(N)=O)cc2)c1. The molecule has 9 nitrogen and oxygen atoms in total. The maximum atomic E-state index is 12.5. The number of nitrogens with zero attached hydrogens (tertiary/aromatic N) is 2. The molecule has 0 radical (unpaired) electrons. The van der Waals surface area contributed by atoms with Gasteiger partial charge in [0.25, 0.3) is 11.8 Å². The highest BCUT2D eigenvalue weighted by atomic mass is 16.2. The number of nitrogens with two attached hydrogens (primary N) is 1. The average molecular weight is 380 g/mol. The van der Waals surface area contributed by atoms with Gasteiger partial charge in [-0.2, -0.15) is 0 Å². The quantitative estimate of drug-likeness (QED) is 0.608. The largest absolute Gasteiger partial charge is 0.368 e. The van der Waals surface area contributed by atoms with E-state index in [0.717, 1.165) is 5.56 Å². The molecule has 0 saturated heterocycles. The lowest BCUT2D eigenvalue weighted by molar-refractivity contribution is -0.128. The lowest BCUT2D eigenvalue weighted by atomic mass is 9.92. The molecule has 1 aromatic heterocycles. The van der Waals surface area contributed by atoms with Crippen LogP contribution in [0.4, 0.5) is 11.4 Å². The number of benzene rings is 1. The Kier molecular flexibility index (Phi) is 5.08. The molecular weight excluding hydrogens is 360 g/mol. The highest BCUT2D eigenvalue weighted by Crippen LogP contribution is 2.20. The summed E-state index contributed by atoms with van der Waals surface area (Å²) in [4.78, 5) is 44.3. The smallest absolute Gasteiger partial charge is 0.257 e. The van der Waals surface area contributed by atoms with E-state index in [1.807, 2.05) is 6.92 Å². The van der Waals surface area contributed by atoms with Crippen LogP contribution in [0.25, 0.3) is 0 Å². The van der Waals surface area contributed by atoms with Crippen molar-refractivity contribution in [3.8, 4) is 0 Å². The van der Waals surface area contributed by atoms with Crippen LogP contribution in [-0.4, -0.2) is 40.6 Å². The van der Waals surface area contributed by atoms with Gasteiger partial charge in [0.1, 0.15) is 5.54 Å². The van der Waals surface area contributed by atoms with E-state index >= 15 is 0 Å². The van der Waals surface area contributed by atoms with Crippen LogP contribution in [0.2, 0.25) is 0 Å². The van der Waals surface area contributed by atoms with Crippen LogP contribution >= 0.6 is 0 Å². The van der Waals surface area contributed by atoms with Crippen LogP contribution in [0, 0.1) is 6.92 Å². The fourth-order valence-corrected chi connectivity index (χ4v) is 2.74. The fraction of sp³-hybridized carbons (Fsp3) is 0.211. The summed E-state index contributed by atoms with van der Waals surface area (Å²) in [5, 5.41) is 8.17. The number of pyridine rings is 1. The maximum absolute atomic E-state index is 12.5. The predicted molar refractivity (Wildman–Crippen MR) is 105 cm³/mol. The Morgan fingerprint density at radius 3 is 2.36 bits per heavy atom. The van der Waals surface area contributed by atoms with Gasteiger partial charge in [0.05, 0.1) is 11.9 Å². The van der Waals surface area contributed by atoms with E-state index < -0.39 is 23.4 Å². The number of nitrogens with one attached hydrogen (secondary N) is 3. The molecule has 2 unspecified atom stereocenters. The summed E-state index contributed by atoms with van der Waals surface area (Å²) in [5.41, 5.74) is 6.49. The second-order valence-corrected chi connectivity index (χ2v) is 6.66. The molecule has 9 heteroatoms. The Balaban J connectivity index is 1.64. The predicted octanol–water partition coefficient (Wildman–Crippen LogP) is 0.825. The number of carbonyl (C=O) groups excluding carboxylic acids is 3. The van der Waals surface area contributed by atoms with Gasteiger partial charge in [-0.15, -0.1) is 0 Å². The second-order valence-electron chi connectivity index (χ2n) is 6.66. The zero-order chi connectivity index (χ0) is 20.3. The standard InChI is InChI=1S/C19H20N6O3/c1-11-7-12(9-21-8-11)16(26)24-13-3-5-14(6-4-13)25-17(27)15-19(2,18(20)28)23-10-22-15/h3-10,15H,1-2H3,(H2,20,28)(H,22,23)(H,24,26)(H,25,27).